The van der Waals surface area contributed by atoms with Crippen LogP contribution in [0.4, 0.5) is 0 Å². The summed E-state index contributed by atoms with van der Waals surface area (Å²) >= 11 is 1.33. The Morgan fingerprint density at radius 3 is 2.47 bits per heavy atom. The highest BCUT2D eigenvalue weighted by atomic mass is 32.2. The molecule has 0 saturated heterocycles. The Balaban J connectivity index is 2.19. The van der Waals surface area contributed by atoms with E-state index >= 15 is 0 Å². The van der Waals surface area contributed by atoms with E-state index in [1.54, 1.807) is 6.92 Å². The lowest BCUT2D eigenvalue weighted by Gasteiger charge is -2.07. The topological polar surface area (TPSA) is 52.3 Å². The molecule has 0 amide bonds. The molecular weight excluding hydrogens is 258 g/mol. The lowest BCUT2D eigenvalue weighted by molar-refractivity contribution is -0.109. The summed E-state index contributed by atoms with van der Waals surface area (Å²) in [6.45, 7) is 3.12. The van der Waals surface area contributed by atoms with Gasteiger partial charge in [0.15, 0.2) is 5.12 Å². The Hall–Kier alpha value is -1.00. The molecule has 0 saturated carbocycles. The lowest BCUT2D eigenvalue weighted by Crippen LogP contribution is -2.00. The van der Waals surface area contributed by atoms with Gasteiger partial charge in [-0.3, -0.25) is 4.79 Å². The molecule has 3 nitrogen and oxygen atoms in total. The van der Waals surface area contributed by atoms with Crippen LogP contribution in [0.5, 0.6) is 5.75 Å². The molecule has 0 fully saturated rings. The highest BCUT2D eigenvalue weighted by Gasteiger charge is 1.98. The van der Waals surface area contributed by atoms with Gasteiger partial charge >= 0.3 is 0 Å². The predicted octanol–water partition coefficient (Wildman–Crippen LogP) is 3.36. The molecule has 0 spiro atoms. The first-order valence-electron chi connectivity index (χ1n) is 6.77. The van der Waals surface area contributed by atoms with Crippen LogP contribution in [0, 0.1) is 0 Å². The van der Waals surface area contributed by atoms with Crippen molar-refractivity contribution in [3.63, 3.8) is 0 Å². The standard InChI is InChI=1S/C15H23NO2S/c1-13(17)19-12-14-6-8-15(9-7-14)18-11-5-3-2-4-10-16/h6-9H,2-5,10-12,16H2,1H3. The summed E-state index contributed by atoms with van der Waals surface area (Å²) in [5.74, 6) is 1.63. The van der Waals surface area contributed by atoms with Crippen LogP contribution in [0.3, 0.4) is 0 Å². The molecule has 0 unspecified atom stereocenters. The molecule has 0 aliphatic heterocycles. The molecule has 0 aliphatic carbocycles. The molecule has 2 N–H and O–H groups in total. The zero-order chi connectivity index (χ0) is 13.9. The van der Waals surface area contributed by atoms with Crippen LogP contribution in [-0.4, -0.2) is 18.3 Å². The van der Waals surface area contributed by atoms with Gasteiger partial charge in [-0.05, 0) is 37.1 Å². The van der Waals surface area contributed by atoms with Crippen molar-refractivity contribution < 1.29 is 9.53 Å². The van der Waals surface area contributed by atoms with Gasteiger partial charge in [0.05, 0.1) is 6.61 Å². The second-order valence-corrected chi connectivity index (χ2v) is 5.63. The normalized spacial score (nSPS) is 10.4. The van der Waals surface area contributed by atoms with Crippen molar-refractivity contribution in [2.45, 2.75) is 38.4 Å². The van der Waals surface area contributed by atoms with Crippen LogP contribution in [0.1, 0.15) is 38.2 Å². The van der Waals surface area contributed by atoms with Crippen molar-refractivity contribution in [1.82, 2.24) is 0 Å². The molecule has 0 radical (unpaired) electrons. The molecule has 1 aromatic carbocycles. The monoisotopic (exact) mass is 281 g/mol. The second-order valence-electron chi connectivity index (χ2n) is 4.48. The first-order valence-corrected chi connectivity index (χ1v) is 7.76. The molecule has 0 aliphatic rings. The van der Waals surface area contributed by atoms with Gasteiger partial charge in [0.25, 0.3) is 0 Å². The smallest absolute Gasteiger partial charge is 0.186 e. The first-order chi connectivity index (χ1) is 9.22. The van der Waals surface area contributed by atoms with Crippen molar-refractivity contribution in [2.75, 3.05) is 13.2 Å². The predicted molar refractivity (Wildman–Crippen MR) is 81.4 cm³/mol. The average Bonchev–Trinajstić information content (AvgIpc) is 2.41. The number of hydrogen-bond donors (Lipinski definition) is 1. The number of unbranched alkanes of at least 4 members (excludes halogenated alkanes) is 3. The van der Waals surface area contributed by atoms with Gasteiger partial charge in [0.2, 0.25) is 0 Å². The highest BCUT2D eigenvalue weighted by Crippen LogP contribution is 2.17. The van der Waals surface area contributed by atoms with Gasteiger partial charge in [0, 0.05) is 12.7 Å². The quantitative estimate of drug-likeness (QED) is 0.705. The third-order valence-corrected chi connectivity index (χ3v) is 3.62. The summed E-state index contributed by atoms with van der Waals surface area (Å²) < 4.78 is 5.66. The van der Waals surface area contributed by atoms with E-state index in [0.717, 1.165) is 43.1 Å². The zero-order valence-electron chi connectivity index (χ0n) is 11.6. The van der Waals surface area contributed by atoms with Crippen LogP contribution >= 0.6 is 11.8 Å². The van der Waals surface area contributed by atoms with Gasteiger partial charge in [-0.1, -0.05) is 36.7 Å². The summed E-state index contributed by atoms with van der Waals surface area (Å²) in [6.07, 6.45) is 4.52. The van der Waals surface area contributed by atoms with E-state index < -0.39 is 0 Å². The molecule has 1 aromatic rings. The average molecular weight is 281 g/mol. The summed E-state index contributed by atoms with van der Waals surface area (Å²) in [4.78, 5) is 10.9. The lowest BCUT2D eigenvalue weighted by atomic mass is 10.2. The van der Waals surface area contributed by atoms with Crippen LogP contribution in [0.15, 0.2) is 24.3 Å². The van der Waals surface area contributed by atoms with Crippen LogP contribution in [0.25, 0.3) is 0 Å². The molecular formula is C15H23NO2S. The summed E-state index contributed by atoms with van der Waals surface area (Å²) in [5, 5.41) is 0.151. The Kier molecular flexibility index (Phi) is 8.34. The molecule has 4 heteroatoms. The second kappa shape index (κ2) is 9.87. The van der Waals surface area contributed by atoms with Crippen molar-refractivity contribution >= 4 is 16.9 Å². The molecule has 106 valence electrons. The molecule has 0 bridgehead atoms. The maximum absolute atomic E-state index is 10.9. The van der Waals surface area contributed by atoms with E-state index in [4.69, 9.17) is 10.5 Å². The van der Waals surface area contributed by atoms with E-state index in [1.165, 1.54) is 24.6 Å². The fourth-order valence-corrected chi connectivity index (χ4v) is 2.22. The fraction of sp³-hybridized carbons (Fsp3) is 0.533. The van der Waals surface area contributed by atoms with Gasteiger partial charge in [-0.25, -0.2) is 0 Å². The van der Waals surface area contributed by atoms with Crippen LogP contribution in [0.2, 0.25) is 0 Å². The number of nitrogens with two attached hydrogens (primary N) is 1. The number of rotatable bonds is 9. The van der Waals surface area contributed by atoms with Crippen LogP contribution < -0.4 is 10.5 Å². The van der Waals surface area contributed by atoms with Gasteiger partial charge in [-0.15, -0.1) is 0 Å². The van der Waals surface area contributed by atoms with Crippen molar-refractivity contribution in [1.29, 1.82) is 0 Å². The number of thioether (sulfide) groups is 1. The summed E-state index contributed by atoms with van der Waals surface area (Å²) in [6, 6.07) is 7.96. The van der Waals surface area contributed by atoms with Gasteiger partial charge in [-0.2, -0.15) is 0 Å². The van der Waals surface area contributed by atoms with Gasteiger partial charge < -0.3 is 10.5 Å². The van der Waals surface area contributed by atoms with Crippen molar-refractivity contribution in [2.24, 2.45) is 5.73 Å². The molecule has 1 rings (SSSR count). The van der Waals surface area contributed by atoms with Gasteiger partial charge in [0.1, 0.15) is 5.75 Å². The zero-order valence-corrected chi connectivity index (χ0v) is 12.4. The maximum Gasteiger partial charge on any atom is 0.186 e. The van der Waals surface area contributed by atoms with E-state index in [9.17, 15) is 4.79 Å². The Morgan fingerprint density at radius 1 is 1.16 bits per heavy atom. The van der Waals surface area contributed by atoms with Crippen molar-refractivity contribution in [3.05, 3.63) is 29.8 Å². The Morgan fingerprint density at radius 2 is 1.84 bits per heavy atom. The first kappa shape index (κ1) is 16.1. The van der Waals surface area contributed by atoms with E-state index in [2.05, 4.69) is 0 Å². The number of benzene rings is 1. The number of carbonyl (C=O) groups is 1. The summed E-state index contributed by atoms with van der Waals surface area (Å²) in [5.41, 5.74) is 6.59. The van der Waals surface area contributed by atoms with Crippen LogP contribution in [-0.2, 0) is 10.5 Å². The number of hydrogen-bond acceptors (Lipinski definition) is 4. The van der Waals surface area contributed by atoms with E-state index in [-0.39, 0.29) is 5.12 Å². The van der Waals surface area contributed by atoms with E-state index in [0.29, 0.717) is 0 Å². The number of carbonyl (C=O) groups excluding carboxylic acids is 1. The SMILES string of the molecule is CC(=O)SCc1ccc(OCCCCCCN)cc1. The number of ether oxygens (including phenoxy) is 1. The Labute approximate surface area is 119 Å². The minimum Gasteiger partial charge on any atom is -0.494 e. The third kappa shape index (κ3) is 7.90. The minimum absolute atomic E-state index is 0.151. The van der Waals surface area contributed by atoms with Crippen molar-refractivity contribution in [3.8, 4) is 5.75 Å². The molecule has 0 atom stereocenters. The largest absolute Gasteiger partial charge is 0.494 e. The fourth-order valence-electron chi connectivity index (χ4n) is 1.66. The maximum atomic E-state index is 10.9. The highest BCUT2D eigenvalue weighted by molar-refractivity contribution is 8.12. The summed E-state index contributed by atoms with van der Waals surface area (Å²) in [7, 11) is 0. The molecule has 0 heterocycles. The van der Waals surface area contributed by atoms with E-state index in [1.807, 2.05) is 24.3 Å². The Bertz CT molecular complexity index is 365. The molecule has 19 heavy (non-hydrogen) atoms. The third-order valence-electron chi connectivity index (χ3n) is 2.73. The molecule has 0 aromatic heterocycles. The minimum atomic E-state index is 0.151.